The summed E-state index contributed by atoms with van der Waals surface area (Å²) in [5, 5.41) is 13.5. The number of rotatable bonds is 4. The van der Waals surface area contributed by atoms with Crippen LogP contribution in [0, 0.1) is 17.0 Å². The number of ether oxygens (including phenoxy) is 1. The number of nitro groups is 1. The number of aryl methyl sites for hydroxylation is 1. The summed E-state index contributed by atoms with van der Waals surface area (Å²) in [5.41, 5.74) is 0.0444. The second-order valence-corrected chi connectivity index (χ2v) is 5.54. The van der Waals surface area contributed by atoms with Gasteiger partial charge in [0.2, 0.25) is 0 Å². The number of fused-ring (bicyclic) bond motifs is 1. The predicted molar refractivity (Wildman–Crippen MR) is 87.0 cm³/mol. The summed E-state index contributed by atoms with van der Waals surface area (Å²) in [5.74, 6) is -0.313. The quantitative estimate of drug-likeness (QED) is 0.507. The molecule has 0 bridgehead atoms. The summed E-state index contributed by atoms with van der Waals surface area (Å²) >= 11 is 0. The molecule has 1 aromatic carbocycles. The smallest absolute Gasteiger partial charge is 0.286 e. The number of hydrogen-bond acceptors (Lipinski definition) is 6. The topological polar surface area (TPSA) is 121 Å². The van der Waals surface area contributed by atoms with E-state index in [9.17, 15) is 24.5 Å². The molecule has 1 amide bonds. The van der Waals surface area contributed by atoms with Gasteiger partial charge >= 0.3 is 0 Å². The molecule has 0 atom stereocenters. The lowest BCUT2D eigenvalue weighted by molar-refractivity contribution is -0.385. The molecule has 0 radical (unpaired) electrons. The molecule has 2 heterocycles. The Labute approximate surface area is 141 Å². The van der Waals surface area contributed by atoms with Gasteiger partial charge in [0.15, 0.2) is 12.4 Å². The Bertz CT molecular complexity index is 963. The molecule has 1 aliphatic heterocycles. The highest BCUT2D eigenvalue weighted by Gasteiger charge is 2.19. The minimum absolute atomic E-state index is 0.0946. The van der Waals surface area contributed by atoms with Gasteiger partial charge in [0.05, 0.1) is 23.4 Å². The summed E-state index contributed by atoms with van der Waals surface area (Å²) in [6, 6.07) is 5.66. The summed E-state index contributed by atoms with van der Waals surface area (Å²) < 4.78 is 6.22. The highest BCUT2D eigenvalue weighted by atomic mass is 16.6. The van der Waals surface area contributed by atoms with Crippen LogP contribution in [0.4, 0.5) is 11.4 Å². The highest BCUT2D eigenvalue weighted by Crippen LogP contribution is 2.28. The number of carbonyl (C=O) groups is 2. The number of aromatic nitrogens is 1. The van der Waals surface area contributed by atoms with Crippen LogP contribution in [0.5, 0.6) is 5.75 Å². The molecule has 9 heteroatoms. The number of nitrogens with one attached hydrogen (secondary N) is 1. The maximum atomic E-state index is 12.4. The first-order valence-corrected chi connectivity index (χ1v) is 7.30. The van der Waals surface area contributed by atoms with E-state index in [0.29, 0.717) is 11.4 Å². The molecule has 25 heavy (non-hydrogen) atoms. The third-order valence-corrected chi connectivity index (χ3v) is 3.71. The molecule has 1 aromatic heterocycles. The zero-order valence-electron chi connectivity index (χ0n) is 13.1. The summed E-state index contributed by atoms with van der Waals surface area (Å²) in [4.78, 5) is 46.2. The molecule has 0 aliphatic carbocycles. The van der Waals surface area contributed by atoms with E-state index < -0.39 is 16.3 Å². The summed E-state index contributed by atoms with van der Waals surface area (Å²) in [6.07, 6.45) is 1.04. The number of nitrogens with zero attached hydrogens (tertiary/aromatic N) is 2. The molecule has 1 aliphatic rings. The minimum atomic E-state index is -0.626. The summed E-state index contributed by atoms with van der Waals surface area (Å²) in [6.45, 7) is 1.000. The lowest BCUT2D eigenvalue weighted by Gasteiger charge is -2.18. The maximum Gasteiger partial charge on any atom is 0.286 e. The van der Waals surface area contributed by atoms with E-state index in [2.05, 4.69) is 5.32 Å². The fourth-order valence-corrected chi connectivity index (χ4v) is 2.49. The van der Waals surface area contributed by atoms with Gasteiger partial charge in [-0.1, -0.05) is 0 Å². The van der Waals surface area contributed by atoms with Crippen LogP contribution >= 0.6 is 0 Å². The van der Waals surface area contributed by atoms with Crippen molar-refractivity contribution in [1.82, 2.24) is 4.57 Å². The Morgan fingerprint density at radius 1 is 1.36 bits per heavy atom. The number of ketones is 1. The number of benzene rings is 1. The lowest BCUT2D eigenvalue weighted by Crippen LogP contribution is -2.27. The Balaban J connectivity index is 1.91. The number of carbonyl (C=O) groups excluding carboxylic acids is 2. The van der Waals surface area contributed by atoms with Gasteiger partial charge in [-0.05, 0) is 25.1 Å². The fourth-order valence-electron chi connectivity index (χ4n) is 2.49. The van der Waals surface area contributed by atoms with Crippen LogP contribution in [-0.4, -0.2) is 27.8 Å². The molecule has 128 valence electrons. The molecule has 0 fully saturated rings. The first kappa shape index (κ1) is 16.4. The lowest BCUT2D eigenvalue weighted by atomic mass is 10.1. The van der Waals surface area contributed by atoms with Crippen molar-refractivity contribution in [3.63, 3.8) is 0 Å². The van der Waals surface area contributed by atoms with Crippen molar-refractivity contribution in [2.45, 2.75) is 13.5 Å². The first-order valence-electron chi connectivity index (χ1n) is 7.30. The Kier molecular flexibility index (Phi) is 4.05. The monoisotopic (exact) mass is 343 g/mol. The van der Waals surface area contributed by atoms with Gasteiger partial charge in [-0.25, -0.2) is 0 Å². The molecule has 0 saturated carbocycles. The Morgan fingerprint density at radius 3 is 2.84 bits per heavy atom. The number of amides is 1. The highest BCUT2D eigenvalue weighted by molar-refractivity contribution is 6.00. The first-order chi connectivity index (χ1) is 11.8. The molecule has 0 saturated heterocycles. The van der Waals surface area contributed by atoms with Gasteiger partial charge in [-0.2, -0.15) is 0 Å². The van der Waals surface area contributed by atoms with Gasteiger partial charge in [0.25, 0.3) is 17.2 Å². The van der Waals surface area contributed by atoms with Crippen LogP contribution in [0.3, 0.4) is 0 Å². The van der Waals surface area contributed by atoms with E-state index in [1.165, 1.54) is 19.1 Å². The summed E-state index contributed by atoms with van der Waals surface area (Å²) in [7, 11) is 0. The van der Waals surface area contributed by atoms with E-state index in [0.717, 1.165) is 16.8 Å². The normalized spacial score (nSPS) is 12.8. The number of Topliss-reactive ketones (excluding diaryl/α,β-unsaturated/α-hetero) is 1. The van der Waals surface area contributed by atoms with Crippen LogP contribution in [0.2, 0.25) is 0 Å². The Hall–Kier alpha value is -3.49. The molecular formula is C16H13N3O6. The van der Waals surface area contributed by atoms with E-state index in [1.54, 1.807) is 6.07 Å². The third-order valence-electron chi connectivity index (χ3n) is 3.71. The van der Waals surface area contributed by atoms with Crippen molar-refractivity contribution < 1.29 is 19.2 Å². The van der Waals surface area contributed by atoms with Crippen LogP contribution in [0.25, 0.3) is 0 Å². The van der Waals surface area contributed by atoms with Gasteiger partial charge in [-0.15, -0.1) is 0 Å². The SMILES string of the molecule is Cc1cc([N+](=O)[O-])cn(CC(=O)c2ccc3c(c2)NC(=O)CO3)c1=O. The minimum Gasteiger partial charge on any atom is -0.482 e. The molecule has 2 aromatic rings. The zero-order chi connectivity index (χ0) is 18.1. The number of hydrogen-bond donors (Lipinski definition) is 1. The van der Waals surface area contributed by atoms with Crippen LogP contribution < -0.4 is 15.6 Å². The molecule has 0 unspecified atom stereocenters. The average Bonchev–Trinajstić information content (AvgIpc) is 2.57. The van der Waals surface area contributed by atoms with E-state index in [1.807, 2.05) is 0 Å². The van der Waals surface area contributed by atoms with Gasteiger partial charge in [0.1, 0.15) is 5.75 Å². The standard InChI is InChI=1S/C16H13N3O6/c1-9-4-11(19(23)24)6-18(16(9)22)7-13(20)10-2-3-14-12(5-10)17-15(21)8-25-14/h2-6H,7-8H2,1H3,(H,17,21). The van der Waals surface area contributed by atoms with Crippen molar-refractivity contribution in [3.8, 4) is 5.75 Å². The number of pyridine rings is 1. The van der Waals surface area contributed by atoms with Crippen molar-refractivity contribution in [3.05, 3.63) is 62.1 Å². The van der Waals surface area contributed by atoms with Crippen LogP contribution in [0.1, 0.15) is 15.9 Å². The molecular weight excluding hydrogens is 330 g/mol. The zero-order valence-corrected chi connectivity index (χ0v) is 13.1. The molecule has 3 rings (SSSR count). The van der Waals surface area contributed by atoms with Gasteiger partial charge in [0, 0.05) is 17.2 Å². The van der Waals surface area contributed by atoms with Crippen molar-refractivity contribution in [2.24, 2.45) is 0 Å². The van der Waals surface area contributed by atoms with Gasteiger partial charge < -0.3 is 14.6 Å². The van der Waals surface area contributed by atoms with Crippen LogP contribution in [0.15, 0.2) is 35.3 Å². The average molecular weight is 343 g/mol. The van der Waals surface area contributed by atoms with Gasteiger partial charge in [-0.3, -0.25) is 24.5 Å². The fraction of sp³-hybridized carbons (Fsp3) is 0.188. The molecule has 0 spiro atoms. The Morgan fingerprint density at radius 2 is 2.12 bits per heavy atom. The molecule has 9 nitrogen and oxygen atoms in total. The van der Waals surface area contributed by atoms with Crippen molar-refractivity contribution >= 4 is 23.1 Å². The second kappa shape index (κ2) is 6.19. The van der Waals surface area contributed by atoms with Crippen LogP contribution in [-0.2, 0) is 11.3 Å². The maximum absolute atomic E-state index is 12.4. The van der Waals surface area contributed by atoms with E-state index >= 15 is 0 Å². The largest absolute Gasteiger partial charge is 0.482 e. The number of anilines is 1. The molecule has 1 N–H and O–H groups in total. The van der Waals surface area contributed by atoms with Crippen molar-refractivity contribution in [2.75, 3.05) is 11.9 Å². The van der Waals surface area contributed by atoms with E-state index in [4.69, 9.17) is 4.74 Å². The van der Waals surface area contributed by atoms with Crippen molar-refractivity contribution in [1.29, 1.82) is 0 Å². The second-order valence-electron chi connectivity index (χ2n) is 5.54. The third kappa shape index (κ3) is 3.25. The van der Waals surface area contributed by atoms with E-state index in [-0.39, 0.29) is 35.9 Å². The predicted octanol–water partition coefficient (Wildman–Crippen LogP) is 1.28.